The van der Waals surface area contributed by atoms with E-state index in [-0.39, 0.29) is 5.82 Å². The molecule has 0 aliphatic carbocycles. The van der Waals surface area contributed by atoms with Crippen LogP contribution in [0.5, 0.6) is 0 Å². The minimum absolute atomic E-state index is 0.146. The molecule has 8 nitrogen and oxygen atoms in total. The van der Waals surface area contributed by atoms with Crippen molar-refractivity contribution in [2.75, 3.05) is 57.8 Å². The van der Waals surface area contributed by atoms with E-state index in [4.69, 9.17) is 0 Å². The minimum atomic E-state index is -0.146. The third-order valence-corrected chi connectivity index (χ3v) is 6.45. The van der Waals surface area contributed by atoms with Crippen LogP contribution in [0.2, 0.25) is 0 Å². The molecule has 0 atom stereocenters. The van der Waals surface area contributed by atoms with Crippen molar-refractivity contribution >= 4 is 11.6 Å². The predicted molar refractivity (Wildman–Crippen MR) is 121 cm³/mol. The molecule has 0 bridgehead atoms. The Bertz CT molecular complexity index is 852. The highest BCUT2D eigenvalue weighted by Crippen LogP contribution is 2.25. The van der Waals surface area contributed by atoms with Gasteiger partial charge in [-0.25, -0.2) is 9.37 Å². The number of likely N-dealkylation sites (tertiary alicyclic amines) is 1. The Labute approximate surface area is 183 Å². The van der Waals surface area contributed by atoms with Crippen LogP contribution in [0.3, 0.4) is 0 Å². The highest BCUT2D eigenvalue weighted by Gasteiger charge is 2.24. The zero-order valence-electron chi connectivity index (χ0n) is 18.5. The molecule has 0 radical (unpaired) electrons. The summed E-state index contributed by atoms with van der Waals surface area (Å²) in [6.07, 6.45) is 3.58. The molecule has 0 unspecified atom stereocenters. The quantitative estimate of drug-likeness (QED) is 0.561. The van der Waals surface area contributed by atoms with Gasteiger partial charge in [0.25, 0.3) is 0 Å². The van der Waals surface area contributed by atoms with Gasteiger partial charge in [-0.3, -0.25) is 10.1 Å². The van der Waals surface area contributed by atoms with Crippen molar-refractivity contribution < 1.29 is 4.39 Å². The number of anilines is 1. The van der Waals surface area contributed by atoms with Crippen LogP contribution < -0.4 is 10.2 Å². The number of nitrogens with one attached hydrogen (secondary N) is 2. The molecule has 4 rings (SSSR count). The van der Waals surface area contributed by atoms with Gasteiger partial charge in [-0.05, 0) is 37.1 Å². The molecular weight excluding hydrogens is 395 g/mol. The van der Waals surface area contributed by atoms with E-state index in [0.29, 0.717) is 18.2 Å². The monoisotopic (exact) mass is 428 g/mol. The molecule has 0 saturated carbocycles. The van der Waals surface area contributed by atoms with Crippen molar-refractivity contribution in [1.29, 1.82) is 0 Å². The first-order chi connectivity index (χ1) is 15.2. The second-order valence-electron chi connectivity index (χ2n) is 8.24. The van der Waals surface area contributed by atoms with Crippen molar-refractivity contribution in [2.45, 2.75) is 32.2 Å². The normalized spacial score (nSPS) is 19.1. The van der Waals surface area contributed by atoms with Gasteiger partial charge in [0.2, 0.25) is 0 Å². The maximum atomic E-state index is 14.8. The van der Waals surface area contributed by atoms with E-state index in [1.54, 1.807) is 19.4 Å². The van der Waals surface area contributed by atoms with Gasteiger partial charge in [-0.15, -0.1) is 0 Å². The number of piperazine rings is 1. The minimum Gasteiger partial charge on any atom is -0.367 e. The lowest BCUT2D eigenvalue weighted by atomic mass is 9.96. The molecule has 3 heterocycles. The van der Waals surface area contributed by atoms with E-state index in [1.807, 2.05) is 12.1 Å². The lowest BCUT2D eigenvalue weighted by Crippen LogP contribution is -2.46. The molecule has 1 aromatic heterocycles. The second-order valence-corrected chi connectivity index (χ2v) is 8.24. The van der Waals surface area contributed by atoms with Crippen LogP contribution in [-0.2, 0) is 6.54 Å². The van der Waals surface area contributed by atoms with Gasteiger partial charge < -0.3 is 20.0 Å². The number of rotatable bonds is 5. The fourth-order valence-corrected chi connectivity index (χ4v) is 4.51. The van der Waals surface area contributed by atoms with Crippen molar-refractivity contribution in [3.63, 3.8) is 0 Å². The number of aliphatic imine (C=N–C) groups is 1. The Balaban J connectivity index is 1.29. The zero-order valence-corrected chi connectivity index (χ0v) is 18.5. The number of halogens is 1. The summed E-state index contributed by atoms with van der Waals surface area (Å²) in [5, 5.41) is 10.3. The molecule has 0 amide bonds. The standard InChI is InChI=1S/C22H33FN8/c1-3-29-10-12-30(13-11-29)20-5-4-17(14-19(20)23)15-25-22(24-2)31-8-6-18(7-9-31)21-26-16-27-28-21/h4-5,14,16,18H,3,6-13,15H2,1-2H3,(H,24,25)(H,26,27,28). The summed E-state index contributed by atoms with van der Waals surface area (Å²) in [4.78, 5) is 15.5. The van der Waals surface area contributed by atoms with Crippen LogP contribution in [0.1, 0.15) is 37.1 Å². The fourth-order valence-electron chi connectivity index (χ4n) is 4.51. The first kappa shape index (κ1) is 21.5. The van der Waals surface area contributed by atoms with Crippen LogP contribution in [0.25, 0.3) is 0 Å². The van der Waals surface area contributed by atoms with E-state index < -0.39 is 0 Å². The highest BCUT2D eigenvalue weighted by molar-refractivity contribution is 5.80. The number of hydrogen-bond donors (Lipinski definition) is 2. The Kier molecular flexibility index (Phi) is 7.01. The number of nitrogens with zero attached hydrogens (tertiary/aromatic N) is 6. The SMILES string of the molecule is CCN1CCN(c2ccc(CNC(=NC)N3CCC(c4ncn[nH]4)CC3)cc2F)CC1. The van der Waals surface area contributed by atoms with Gasteiger partial charge >= 0.3 is 0 Å². The molecule has 2 saturated heterocycles. The largest absolute Gasteiger partial charge is 0.367 e. The van der Waals surface area contributed by atoms with Crippen molar-refractivity contribution in [3.05, 3.63) is 41.7 Å². The maximum Gasteiger partial charge on any atom is 0.193 e. The van der Waals surface area contributed by atoms with Crippen LogP contribution in [0.15, 0.2) is 29.5 Å². The Morgan fingerprint density at radius 1 is 1.19 bits per heavy atom. The second kappa shape index (κ2) is 10.1. The van der Waals surface area contributed by atoms with Crippen LogP contribution in [0.4, 0.5) is 10.1 Å². The molecule has 2 N–H and O–H groups in total. The van der Waals surface area contributed by atoms with Crippen LogP contribution in [-0.4, -0.2) is 83.8 Å². The summed E-state index contributed by atoms with van der Waals surface area (Å²) < 4.78 is 14.8. The first-order valence-electron chi connectivity index (χ1n) is 11.2. The number of hydrogen-bond acceptors (Lipinski definition) is 5. The first-order valence-corrected chi connectivity index (χ1v) is 11.2. The number of piperidine rings is 1. The van der Waals surface area contributed by atoms with Crippen LogP contribution in [0, 0.1) is 5.82 Å². The number of guanidine groups is 1. The zero-order chi connectivity index (χ0) is 21.6. The summed E-state index contributed by atoms with van der Waals surface area (Å²) in [7, 11) is 1.80. The van der Waals surface area contributed by atoms with Crippen molar-refractivity contribution in [2.24, 2.45) is 4.99 Å². The van der Waals surface area contributed by atoms with E-state index in [2.05, 4.69) is 47.1 Å². The highest BCUT2D eigenvalue weighted by atomic mass is 19.1. The summed E-state index contributed by atoms with van der Waals surface area (Å²) in [5.41, 5.74) is 1.63. The van der Waals surface area contributed by atoms with E-state index in [1.165, 1.54) is 0 Å². The van der Waals surface area contributed by atoms with Gasteiger partial charge in [-0.1, -0.05) is 13.0 Å². The van der Waals surface area contributed by atoms with Crippen molar-refractivity contribution in [3.8, 4) is 0 Å². The van der Waals surface area contributed by atoms with E-state index in [0.717, 1.165) is 76.0 Å². The summed E-state index contributed by atoms with van der Waals surface area (Å²) >= 11 is 0. The fraction of sp³-hybridized carbons (Fsp3) is 0.591. The average molecular weight is 429 g/mol. The van der Waals surface area contributed by atoms with Gasteiger partial charge in [0.15, 0.2) is 5.96 Å². The molecule has 2 aliphatic heterocycles. The average Bonchev–Trinajstić information content (AvgIpc) is 3.35. The number of likely N-dealkylation sites (N-methyl/N-ethyl adjacent to an activating group) is 1. The summed E-state index contributed by atoms with van der Waals surface area (Å²) in [6, 6.07) is 5.58. The molecule has 1 aromatic carbocycles. The molecule has 31 heavy (non-hydrogen) atoms. The maximum absolute atomic E-state index is 14.8. The summed E-state index contributed by atoms with van der Waals surface area (Å²) in [6.45, 7) is 9.31. The van der Waals surface area contributed by atoms with Gasteiger partial charge in [0, 0.05) is 58.8 Å². The molecule has 2 fully saturated rings. The molecule has 168 valence electrons. The topological polar surface area (TPSA) is 75.7 Å². The number of benzene rings is 1. The Morgan fingerprint density at radius 2 is 1.97 bits per heavy atom. The number of aromatic amines is 1. The number of aromatic nitrogens is 3. The third-order valence-electron chi connectivity index (χ3n) is 6.45. The molecular formula is C22H33FN8. The van der Waals surface area contributed by atoms with E-state index in [9.17, 15) is 4.39 Å². The van der Waals surface area contributed by atoms with Gasteiger partial charge in [-0.2, -0.15) is 5.10 Å². The smallest absolute Gasteiger partial charge is 0.193 e. The van der Waals surface area contributed by atoms with Crippen molar-refractivity contribution in [1.82, 2.24) is 30.3 Å². The van der Waals surface area contributed by atoms with Crippen LogP contribution >= 0.6 is 0 Å². The molecule has 2 aromatic rings. The lowest BCUT2D eigenvalue weighted by molar-refractivity contribution is 0.270. The predicted octanol–water partition coefficient (Wildman–Crippen LogP) is 2.04. The summed E-state index contributed by atoms with van der Waals surface area (Å²) in [5.74, 6) is 2.09. The molecule has 9 heteroatoms. The third kappa shape index (κ3) is 5.15. The molecule has 2 aliphatic rings. The Morgan fingerprint density at radius 3 is 2.58 bits per heavy atom. The molecule has 0 spiro atoms. The Hall–Kier alpha value is -2.68. The number of H-pyrrole nitrogens is 1. The van der Waals surface area contributed by atoms with E-state index >= 15 is 0 Å². The lowest BCUT2D eigenvalue weighted by Gasteiger charge is -2.35. The van der Waals surface area contributed by atoms with Gasteiger partial charge in [0.05, 0.1) is 5.69 Å². The van der Waals surface area contributed by atoms with Gasteiger partial charge in [0.1, 0.15) is 18.0 Å².